The first-order chi connectivity index (χ1) is 30.9. The highest BCUT2D eigenvalue weighted by Crippen LogP contribution is 2.38. The number of alkyl halides is 2. The van der Waals surface area contributed by atoms with Gasteiger partial charge in [-0.2, -0.15) is 10.2 Å². The zero-order chi connectivity index (χ0) is 44.4. The van der Waals surface area contributed by atoms with Crippen molar-refractivity contribution < 1.29 is 32.6 Å². The number of piperidine rings is 2. The third kappa shape index (κ3) is 7.88. The minimum atomic E-state index is -2.87. The van der Waals surface area contributed by atoms with Crippen LogP contribution in [0, 0.1) is 5.92 Å². The Bertz CT molecular complexity index is 2640. The number of aromatic nitrogens is 7. The summed E-state index contributed by atoms with van der Waals surface area (Å²) in [4.78, 5) is 60.9. The van der Waals surface area contributed by atoms with Gasteiger partial charge in [-0.15, -0.1) is 0 Å². The summed E-state index contributed by atoms with van der Waals surface area (Å²) in [5.41, 5.74) is 2.21. The Balaban J connectivity index is 0.723. The molecule has 4 aromatic heterocycles. The van der Waals surface area contributed by atoms with E-state index in [2.05, 4.69) is 44.5 Å². The number of carbonyl (C=O) groups excluding carboxylic acids is 3. The van der Waals surface area contributed by atoms with E-state index >= 15 is 0 Å². The van der Waals surface area contributed by atoms with Gasteiger partial charge in [-0.3, -0.25) is 38.4 Å². The number of rotatable bonds is 12. The number of anilines is 2. The molecule has 19 heteroatoms. The largest absolute Gasteiger partial charge is 0.378 e. The summed E-state index contributed by atoms with van der Waals surface area (Å²) < 4.78 is 47.2. The molecule has 4 aliphatic heterocycles. The number of aryl methyl sites for hydroxylation is 1. The Morgan fingerprint density at radius 1 is 1.03 bits per heavy atom. The van der Waals surface area contributed by atoms with Crippen LogP contribution in [0.1, 0.15) is 112 Å². The minimum Gasteiger partial charge on any atom is -0.378 e. The van der Waals surface area contributed by atoms with E-state index in [9.17, 15) is 28.0 Å². The van der Waals surface area contributed by atoms with Gasteiger partial charge in [0, 0.05) is 51.0 Å². The predicted octanol–water partition coefficient (Wildman–Crippen LogP) is 4.96. The zero-order valence-corrected chi connectivity index (χ0v) is 36.4. The number of hydrogen-bond donors (Lipinski definition) is 2. The topological polar surface area (TPSA) is 175 Å². The average Bonchev–Trinajstić information content (AvgIpc) is 4.13. The van der Waals surface area contributed by atoms with E-state index in [1.54, 1.807) is 28.7 Å². The summed E-state index contributed by atoms with van der Waals surface area (Å²) in [5, 5.41) is 13.7. The Morgan fingerprint density at radius 3 is 2.55 bits per heavy atom. The third-order valence-electron chi connectivity index (χ3n) is 14.4. The van der Waals surface area contributed by atoms with Crippen molar-refractivity contribution in [2.24, 2.45) is 13.0 Å². The number of morpholine rings is 1. The second kappa shape index (κ2) is 17.1. The van der Waals surface area contributed by atoms with Crippen molar-refractivity contribution >= 4 is 45.9 Å². The SMILES string of the molecule is C[C@@H]1CC(OCCc2cccc3c2n(C)c(=O)n3C2CCC(=O)NC2=O)C[C@H](C)N1C[C@H]1CC[C@H](n2cc(NC(=O)c3cnn4ccc(N5C[C@H]6C[C@@H]5CO6)nc34)c(C(F)F)n2)CC1. The number of nitrogens with one attached hydrogen (secondary N) is 2. The molecule has 0 radical (unpaired) electrons. The van der Waals surface area contributed by atoms with Gasteiger partial charge >= 0.3 is 5.69 Å². The fourth-order valence-electron chi connectivity index (χ4n) is 11.1. The van der Waals surface area contributed by atoms with Crippen LogP contribution < -0.4 is 21.2 Å². The van der Waals surface area contributed by atoms with Crippen molar-refractivity contribution in [3.8, 4) is 0 Å². The molecular formula is C45H55F2N11O6. The summed E-state index contributed by atoms with van der Waals surface area (Å²) in [6, 6.07) is 7.68. The van der Waals surface area contributed by atoms with Crippen molar-refractivity contribution in [2.75, 3.05) is 36.5 Å². The lowest BCUT2D eigenvalue weighted by molar-refractivity contribution is -0.135. The van der Waals surface area contributed by atoms with Gasteiger partial charge in [0.15, 0.2) is 11.3 Å². The van der Waals surface area contributed by atoms with Crippen molar-refractivity contribution in [2.45, 2.75) is 127 Å². The number of nitrogens with zero attached hydrogens (tertiary/aromatic N) is 9. The van der Waals surface area contributed by atoms with Crippen LogP contribution in [0.15, 0.2) is 47.7 Å². The normalized spacial score (nSPS) is 27.6. The maximum atomic E-state index is 14.4. The molecule has 5 aromatic rings. The van der Waals surface area contributed by atoms with Gasteiger partial charge in [0.1, 0.15) is 17.4 Å². The van der Waals surface area contributed by atoms with E-state index < -0.39 is 30.0 Å². The number of imide groups is 1. The molecule has 10 rings (SSSR count). The molecule has 5 aliphatic rings. The average molecular weight is 884 g/mol. The Morgan fingerprint density at radius 2 is 1.83 bits per heavy atom. The molecule has 1 aliphatic carbocycles. The first kappa shape index (κ1) is 42.4. The number of para-hydroxylation sites is 1. The zero-order valence-electron chi connectivity index (χ0n) is 36.4. The highest BCUT2D eigenvalue weighted by atomic mass is 19.3. The summed E-state index contributed by atoms with van der Waals surface area (Å²) in [5.74, 6) is -0.154. The standard InChI is InChI=1S/C45H55F2N11O6/c1-25-17-31(63-16-14-28-5-4-6-35-40(28)53(3)45(62)58(35)36-11-12-38(59)51-44(36)61)18-26(2)54(25)21-27-7-9-29(10-8-27)57-23-34(39(52-57)41(46)47)49-43(60)33-20-48-56-15-13-37(50-42(33)56)55-22-32-19-30(55)24-64-32/h4-6,13,15,20,23,25-27,29-32,36,41H,7-12,14,16-19,21-22,24H2,1-3H3,(H,49,60)(H,51,59,61)/t25-,26+,27-,29-,30-,31?,32-,36?/m1/s1. The molecular weight excluding hydrogens is 829 g/mol. The molecule has 1 aromatic carbocycles. The number of carbonyl (C=O) groups is 3. The fraction of sp³-hybridized carbons (Fsp3) is 0.578. The van der Waals surface area contributed by atoms with Gasteiger partial charge in [-0.1, -0.05) is 12.1 Å². The Hall–Kier alpha value is -5.53. The molecule has 6 atom stereocenters. The predicted molar refractivity (Wildman–Crippen MR) is 232 cm³/mol. The van der Waals surface area contributed by atoms with Crippen molar-refractivity contribution in [1.29, 1.82) is 0 Å². The lowest BCUT2D eigenvalue weighted by atomic mass is 9.84. The molecule has 1 saturated carbocycles. The van der Waals surface area contributed by atoms with Crippen molar-refractivity contribution in [3.63, 3.8) is 0 Å². The number of likely N-dealkylation sites (tertiary alicyclic amines) is 1. The number of imidazole rings is 1. The van der Waals surface area contributed by atoms with E-state index in [4.69, 9.17) is 14.5 Å². The quantitative estimate of drug-likeness (QED) is 0.162. The second-order valence-electron chi connectivity index (χ2n) is 18.5. The summed E-state index contributed by atoms with van der Waals surface area (Å²) in [6.07, 6.45) is 9.40. The summed E-state index contributed by atoms with van der Waals surface area (Å²) in [6.45, 7) is 7.33. The van der Waals surface area contributed by atoms with Crippen LogP contribution in [0.4, 0.5) is 20.3 Å². The molecule has 3 amide bonds. The molecule has 8 heterocycles. The van der Waals surface area contributed by atoms with E-state index in [0.717, 1.165) is 74.9 Å². The molecule has 2 N–H and O–H groups in total. The molecule has 2 bridgehead atoms. The van der Waals surface area contributed by atoms with Crippen molar-refractivity contribution in [1.82, 2.24) is 43.7 Å². The van der Waals surface area contributed by atoms with Crippen LogP contribution in [-0.4, -0.2) is 113 Å². The van der Waals surface area contributed by atoms with Crippen LogP contribution in [0.5, 0.6) is 0 Å². The number of fused-ring (bicyclic) bond motifs is 4. The Labute approximate surface area is 368 Å². The van der Waals surface area contributed by atoms with Gasteiger partial charge in [-0.25, -0.2) is 23.1 Å². The monoisotopic (exact) mass is 883 g/mol. The first-order valence-corrected chi connectivity index (χ1v) is 22.7. The fourth-order valence-corrected chi connectivity index (χ4v) is 11.1. The highest BCUT2D eigenvalue weighted by Gasteiger charge is 2.40. The van der Waals surface area contributed by atoms with E-state index in [1.165, 1.54) is 15.3 Å². The second-order valence-corrected chi connectivity index (χ2v) is 18.5. The number of benzene rings is 1. The van der Waals surface area contributed by atoms with Gasteiger partial charge in [-0.05, 0) is 95.2 Å². The first-order valence-electron chi connectivity index (χ1n) is 22.7. The van der Waals surface area contributed by atoms with E-state index in [-0.39, 0.29) is 60.0 Å². The van der Waals surface area contributed by atoms with Crippen LogP contribution in [-0.2, 0) is 32.5 Å². The number of halogens is 2. The lowest BCUT2D eigenvalue weighted by Gasteiger charge is -2.45. The summed E-state index contributed by atoms with van der Waals surface area (Å²) >= 11 is 0. The van der Waals surface area contributed by atoms with Crippen molar-refractivity contribution in [3.05, 3.63) is 70.2 Å². The smallest absolute Gasteiger partial charge is 0.329 e. The number of ether oxygens (including phenoxy) is 2. The molecule has 64 heavy (non-hydrogen) atoms. The molecule has 4 saturated heterocycles. The van der Waals surface area contributed by atoms with E-state index in [1.807, 2.05) is 24.3 Å². The number of hydrogen-bond acceptors (Lipinski definition) is 11. The van der Waals surface area contributed by atoms with Crippen LogP contribution in [0.25, 0.3) is 16.7 Å². The minimum absolute atomic E-state index is 0.00842. The summed E-state index contributed by atoms with van der Waals surface area (Å²) in [7, 11) is 1.72. The van der Waals surface area contributed by atoms with Crippen LogP contribution >= 0.6 is 0 Å². The van der Waals surface area contributed by atoms with Gasteiger partial charge in [0.2, 0.25) is 11.8 Å². The molecule has 5 fully saturated rings. The van der Waals surface area contributed by atoms with E-state index in [0.29, 0.717) is 48.8 Å². The van der Waals surface area contributed by atoms with Gasteiger partial charge < -0.3 is 19.7 Å². The van der Waals surface area contributed by atoms with Crippen LogP contribution in [0.3, 0.4) is 0 Å². The Kier molecular flexibility index (Phi) is 11.3. The maximum Gasteiger partial charge on any atom is 0.329 e. The third-order valence-corrected chi connectivity index (χ3v) is 14.4. The molecule has 340 valence electrons. The van der Waals surface area contributed by atoms with Gasteiger partial charge in [0.25, 0.3) is 12.3 Å². The number of amides is 3. The molecule has 2 unspecified atom stereocenters. The molecule has 0 spiro atoms. The van der Waals surface area contributed by atoms with Gasteiger partial charge in [0.05, 0.1) is 60.4 Å². The lowest BCUT2D eigenvalue weighted by Crippen LogP contribution is -2.50. The molecule has 17 nitrogen and oxygen atoms in total. The maximum absolute atomic E-state index is 14.4. The highest BCUT2D eigenvalue weighted by molar-refractivity contribution is 6.08. The van der Waals surface area contributed by atoms with Crippen LogP contribution in [0.2, 0.25) is 0 Å².